The van der Waals surface area contributed by atoms with Crippen molar-refractivity contribution in [3.63, 3.8) is 0 Å². The van der Waals surface area contributed by atoms with Crippen LogP contribution in [-0.2, 0) is 14.3 Å². The van der Waals surface area contributed by atoms with E-state index in [1.807, 2.05) is 0 Å². The van der Waals surface area contributed by atoms with Crippen molar-refractivity contribution in [1.29, 1.82) is 0 Å². The highest BCUT2D eigenvalue weighted by Crippen LogP contribution is 2.29. The van der Waals surface area contributed by atoms with E-state index in [1.165, 1.54) is 19.3 Å². The smallest absolute Gasteiger partial charge is 0.317 e. The fourth-order valence-electron chi connectivity index (χ4n) is 2.37. The van der Waals surface area contributed by atoms with Gasteiger partial charge >= 0.3 is 11.9 Å². The molecule has 1 fully saturated rings. The van der Waals surface area contributed by atoms with Gasteiger partial charge in [0.15, 0.2) is 0 Å². The second-order valence-electron chi connectivity index (χ2n) is 4.98. The second kappa shape index (κ2) is 8.06. The molecule has 2 atom stereocenters. The lowest BCUT2D eigenvalue weighted by atomic mass is 9.87. The highest BCUT2D eigenvalue weighted by Gasteiger charge is 2.37. The number of hydrogen-bond donors (Lipinski definition) is 0. The summed E-state index contributed by atoms with van der Waals surface area (Å²) < 4.78 is 4.63. The van der Waals surface area contributed by atoms with Gasteiger partial charge < -0.3 is 4.74 Å². The second-order valence-corrected chi connectivity index (χ2v) is 4.98. The molecule has 0 radical (unpaired) electrons. The Morgan fingerprint density at radius 2 is 2.06 bits per heavy atom. The highest BCUT2D eigenvalue weighted by molar-refractivity contribution is 5.94. The molecule has 0 saturated carbocycles. The van der Waals surface area contributed by atoms with Crippen LogP contribution < -0.4 is 0 Å². The third-order valence-corrected chi connectivity index (χ3v) is 3.40. The summed E-state index contributed by atoms with van der Waals surface area (Å²) in [6, 6.07) is 0. The van der Waals surface area contributed by atoms with E-state index in [4.69, 9.17) is 0 Å². The third-order valence-electron chi connectivity index (χ3n) is 3.40. The summed E-state index contributed by atoms with van der Waals surface area (Å²) in [7, 11) is 0. The summed E-state index contributed by atoms with van der Waals surface area (Å²) >= 11 is 0. The van der Waals surface area contributed by atoms with Crippen LogP contribution in [0.3, 0.4) is 0 Å². The standard InChI is InChI=1S/C15H24O3/c1-3-5-6-7-8-10-12(9-4-2)13-11-14(16)18-15(13)17/h8,10,12-13H,3-7,9,11H2,1-2H3. The molecule has 0 aromatic carbocycles. The largest absolute Gasteiger partial charge is 0.393 e. The Bertz CT molecular complexity index is 307. The number of hydrogen-bond acceptors (Lipinski definition) is 3. The monoisotopic (exact) mass is 252 g/mol. The van der Waals surface area contributed by atoms with E-state index in [9.17, 15) is 9.59 Å². The first-order chi connectivity index (χ1) is 8.69. The molecular formula is C15H24O3. The third kappa shape index (κ3) is 4.63. The molecule has 1 rings (SSSR count). The molecule has 0 bridgehead atoms. The molecule has 0 aromatic heterocycles. The molecule has 3 nitrogen and oxygen atoms in total. The van der Waals surface area contributed by atoms with E-state index < -0.39 is 0 Å². The minimum atomic E-state index is -0.370. The van der Waals surface area contributed by atoms with Crippen molar-refractivity contribution in [1.82, 2.24) is 0 Å². The first-order valence-electron chi connectivity index (χ1n) is 7.10. The molecule has 3 heteroatoms. The zero-order chi connectivity index (χ0) is 13.4. The van der Waals surface area contributed by atoms with Crippen molar-refractivity contribution < 1.29 is 14.3 Å². The Labute approximate surface area is 110 Å². The maximum atomic E-state index is 11.6. The van der Waals surface area contributed by atoms with Crippen molar-refractivity contribution in [2.24, 2.45) is 11.8 Å². The fourth-order valence-corrected chi connectivity index (χ4v) is 2.37. The molecular weight excluding hydrogens is 228 g/mol. The number of esters is 2. The van der Waals surface area contributed by atoms with Gasteiger partial charge in [0.1, 0.15) is 0 Å². The Kier molecular flexibility index (Phi) is 6.69. The number of carbonyl (C=O) groups excluding carboxylic acids is 2. The number of cyclic esters (lactones) is 2. The molecule has 0 amide bonds. The van der Waals surface area contributed by atoms with Crippen LogP contribution in [0.1, 0.15) is 58.8 Å². The Morgan fingerprint density at radius 1 is 1.28 bits per heavy atom. The molecule has 2 unspecified atom stereocenters. The van der Waals surface area contributed by atoms with Gasteiger partial charge in [0.05, 0.1) is 12.3 Å². The Morgan fingerprint density at radius 3 is 2.61 bits per heavy atom. The molecule has 0 aromatic rings. The predicted molar refractivity (Wildman–Crippen MR) is 70.9 cm³/mol. The first kappa shape index (κ1) is 14.9. The quantitative estimate of drug-likeness (QED) is 0.287. The van der Waals surface area contributed by atoms with Crippen molar-refractivity contribution in [2.45, 2.75) is 58.8 Å². The van der Waals surface area contributed by atoms with Crippen LogP contribution in [-0.4, -0.2) is 11.9 Å². The van der Waals surface area contributed by atoms with E-state index >= 15 is 0 Å². The molecule has 1 heterocycles. The van der Waals surface area contributed by atoms with E-state index in [2.05, 4.69) is 30.7 Å². The number of unbranched alkanes of at least 4 members (excludes halogenated alkanes) is 3. The summed E-state index contributed by atoms with van der Waals surface area (Å²) in [4.78, 5) is 22.7. The van der Waals surface area contributed by atoms with Gasteiger partial charge in [0.25, 0.3) is 0 Å². The summed E-state index contributed by atoms with van der Waals surface area (Å²) in [5.41, 5.74) is 0. The zero-order valence-electron chi connectivity index (χ0n) is 11.5. The molecule has 1 aliphatic rings. The SMILES string of the molecule is CCCCCC=CC(CCC)C1CC(=O)OC1=O. The van der Waals surface area contributed by atoms with Gasteiger partial charge in [0, 0.05) is 0 Å². The van der Waals surface area contributed by atoms with Crippen LogP contribution in [0.4, 0.5) is 0 Å². The lowest BCUT2D eigenvalue weighted by Gasteiger charge is -2.15. The van der Waals surface area contributed by atoms with E-state index in [0.29, 0.717) is 0 Å². The zero-order valence-corrected chi connectivity index (χ0v) is 11.5. The summed E-state index contributed by atoms with van der Waals surface area (Å²) in [6.45, 7) is 4.28. The topological polar surface area (TPSA) is 43.4 Å². The van der Waals surface area contributed by atoms with Gasteiger partial charge in [-0.3, -0.25) is 9.59 Å². The molecule has 1 saturated heterocycles. The Balaban J connectivity index is 2.48. The van der Waals surface area contributed by atoms with Crippen LogP contribution in [0.15, 0.2) is 12.2 Å². The number of rotatable bonds is 8. The number of carbonyl (C=O) groups is 2. The molecule has 102 valence electrons. The van der Waals surface area contributed by atoms with Gasteiger partial charge in [-0.1, -0.05) is 45.3 Å². The van der Waals surface area contributed by atoms with Crippen molar-refractivity contribution >= 4 is 11.9 Å². The van der Waals surface area contributed by atoms with Crippen LogP contribution >= 0.6 is 0 Å². The lowest BCUT2D eigenvalue weighted by molar-refractivity contribution is -0.153. The summed E-state index contributed by atoms with van der Waals surface area (Å²) in [6.07, 6.45) is 11.2. The maximum Gasteiger partial charge on any atom is 0.317 e. The normalized spacial score (nSPS) is 21.6. The van der Waals surface area contributed by atoms with Crippen molar-refractivity contribution in [2.75, 3.05) is 0 Å². The van der Waals surface area contributed by atoms with E-state index in [0.717, 1.165) is 19.3 Å². The Hall–Kier alpha value is -1.12. The average molecular weight is 252 g/mol. The van der Waals surface area contributed by atoms with Gasteiger partial charge in [-0.2, -0.15) is 0 Å². The van der Waals surface area contributed by atoms with Crippen LogP contribution in [0.25, 0.3) is 0 Å². The van der Waals surface area contributed by atoms with Gasteiger partial charge in [-0.05, 0) is 25.2 Å². The first-order valence-corrected chi connectivity index (χ1v) is 7.10. The molecule has 0 aliphatic carbocycles. The van der Waals surface area contributed by atoms with Crippen LogP contribution in [0.2, 0.25) is 0 Å². The number of ether oxygens (including phenoxy) is 1. The highest BCUT2D eigenvalue weighted by atomic mass is 16.6. The number of allylic oxidation sites excluding steroid dienone is 2. The molecule has 0 spiro atoms. The minimum Gasteiger partial charge on any atom is -0.393 e. The lowest BCUT2D eigenvalue weighted by Crippen LogP contribution is -2.17. The molecule has 0 N–H and O–H groups in total. The maximum absolute atomic E-state index is 11.6. The minimum absolute atomic E-state index is 0.163. The van der Waals surface area contributed by atoms with Gasteiger partial charge in [-0.15, -0.1) is 0 Å². The van der Waals surface area contributed by atoms with Crippen LogP contribution in [0.5, 0.6) is 0 Å². The summed E-state index contributed by atoms with van der Waals surface area (Å²) in [5.74, 6) is -0.794. The van der Waals surface area contributed by atoms with Gasteiger partial charge in [-0.25, -0.2) is 0 Å². The predicted octanol–water partition coefficient (Wildman–Crippen LogP) is 3.63. The van der Waals surface area contributed by atoms with Crippen LogP contribution in [0, 0.1) is 11.8 Å². The van der Waals surface area contributed by atoms with Crippen molar-refractivity contribution in [3.05, 3.63) is 12.2 Å². The molecule has 18 heavy (non-hydrogen) atoms. The summed E-state index contributed by atoms with van der Waals surface area (Å²) in [5, 5.41) is 0. The van der Waals surface area contributed by atoms with Crippen molar-refractivity contribution in [3.8, 4) is 0 Å². The van der Waals surface area contributed by atoms with E-state index in [-0.39, 0.29) is 30.2 Å². The average Bonchev–Trinajstić information content (AvgIpc) is 2.67. The van der Waals surface area contributed by atoms with Gasteiger partial charge in [0.2, 0.25) is 0 Å². The van der Waals surface area contributed by atoms with E-state index in [1.54, 1.807) is 0 Å². The molecule has 1 aliphatic heterocycles. The fraction of sp³-hybridized carbons (Fsp3) is 0.733.